The Kier molecular flexibility index (Phi) is 3.05. The van der Waals surface area contributed by atoms with Gasteiger partial charge in [0.15, 0.2) is 0 Å². The summed E-state index contributed by atoms with van der Waals surface area (Å²) >= 11 is 0. The summed E-state index contributed by atoms with van der Waals surface area (Å²) in [5.74, 6) is 0. The smallest absolute Gasteiger partial charge is 0.398 e. The minimum atomic E-state index is -4.40. The Labute approximate surface area is 119 Å². The van der Waals surface area contributed by atoms with Crippen molar-refractivity contribution >= 4 is 16.6 Å². The SMILES string of the molecule is Nc1cc(C(F)(F)F)ccc1-c1ccc2cc[c]cc2n1. The van der Waals surface area contributed by atoms with Gasteiger partial charge in [-0.2, -0.15) is 13.2 Å². The third-order valence-corrected chi connectivity index (χ3v) is 3.19. The van der Waals surface area contributed by atoms with E-state index in [0.29, 0.717) is 16.8 Å². The first-order valence-electron chi connectivity index (χ1n) is 6.19. The zero-order valence-corrected chi connectivity index (χ0v) is 10.8. The molecule has 0 atom stereocenters. The molecular formula is C16H10F3N2. The Bertz CT molecular complexity index is 810. The summed E-state index contributed by atoms with van der Waals surface area (Å²) in [7, 11) is 0. The number of aromatic nitrogens is 1. The zero-order chi connectivity index (χ0) is 15.0. The van der Waals surface area contributed by atoms with E-state index in [2.05, 4.69) is 11.1 Å². The van der Waals surface area contributed by atoms with Crippen molar-refractivity contribution in [3.05, 3.63) is 60.2 Å². The van der Waals surface area contributed by atoms with Gasteiger partial charge in [-0.15, -0.1) is 0 Å². The number of rotatable bonds is 1. The van der Waals surface area contributed by atoms with Gasteiger partial charge in [-0.3, -0.25) is 0 Å². The largest absolute Gasteiger partial charge is 0.416 e. The molecule has 2 N–H and O–H groups in total. The molecule has 2 nitrogen and oxygen atoms in total. The third-order valence-electron chi connectivity index (χ3n) is 3.19. The number of nitrogen functional groups attached to an aromatic ring is 1. The summed E-state index contributed by atoms with van der Waals surface area (Å²) in [6.45, 7) is 0. The van der Waals surface area contributed by atoms with Crippen LogP contribution in [0.25, 0.3) is 22.2 Å². The zero-order valence-electron chi connectivity index (χ0n) is 10.8. The van der Waals surface area contributed by atoms with E-state index in [4.69, 9.17) is 5.73 Å². The lowest BCUT2D eigenvalue weighted by Crippen LogP contribution is -2.06. The number of halogens is 3. The number of hydrogen-bond donors (Lipinski definition) is 1. The van der Waals surface area contributed by atoms with Crippen molar-refractivity contribution in [2.75, 3.05) is 5.73 Å². The van der Waals surface area contributed by atoms with Crippen LogP contribution in [-0.2, 0) is 6.18 Å². The van der Waals surface area contributed by atoms with E-state index in [0.717, 1.165) is 17.5 Å². The summed E-state index contributed by atoms with van der Waals surface area (Å²) in [5, 5.41) is 0.933. The number of anilines is 1. The van der Waals surface area contributed by atoms with Crippen LogP contribution in [0.5, 0.6) is 0 Å². The summed E-state index contributed by atoms with van der Waals surface area (Å²) in [5.41, 5.74) is 6.77. The second-order valence-corrected chi connectivity index (χ2v) is 4.62. The average molecular weight is 287 g/mol. The van der Waals surface area contributed by atoms with E-state index in [1.807, 2.05) is 12.1 Å². The molecule has 2 aromatic carbocycles. The standard InChI is InChI=1S/C16H10F3N2/c17-16(18,19)11-6-7-12(13(20)9-11)15-8-5-10-3-1-2-4-14(10)21-15/h1,3-9H,20H2. The Morgan fingerprint density at radius 1 is 1.05 bits per heavy atom. The van der Waals surface area contributed by atoms with Crippen LogP contribution in [0, 0.1) is 6.07 Å². The van der Waals surface area contributed by atoms with E-state index >= 15 is 0 Å². The van der Waals surface area contributed by atoms with Gasteiger partial charge in [0.2, 0.25) is 0 Å². The number of hydrogen-bond acceptors (Lipinski definition) is 2. The van der Waals surface area contributed by atoms with Crippen molar-refractivity contribution < 1.29 is 13.2 Å². The van der Waals surface area contributed by atoms with Crippen LogP contribution < -0.4 is 5.73 Å². The maximum atomic E-state index is 12.6. The van der Waals surface area contributed by atoms with Gasteiger partial charge in [0.25, 0.3) is 0 Å². The van der Waals surface area contributed by atoms with Gasteiger partial charge in [-0.1, -0.05) is 24.3 Å². The highest BCUT2D eigenvalue weighted by Gasteiger charge is 2.30. The van der Waals surface area contributed by atoms with Crippen molar-refractivity contribution in [3.8, 4) is 11.3 Å². The Balaban J connectivity index is 2.10. The second kappa shape index (κ2) is 4.77. The van der Waals surface area contributed by atoms with Crippen LogP contribution in [0.2, 0.25) is 0 Å². The highest BCUT2D eigenvalue weighted by molar-refractivity contribution is 5.83. The molecule has 1 heterocycles. The molecule has 105 valence electrons. The van der Waals surface area contributed by atoms with E-state index in [1.54, 1.807) is 18.2 Å². The number of nitrogens with zero attached hydrogens (tertiary/aromatic N) is 1. The lowest BCUT2D eigenvalue weighted by atomic mass is 10.0. The van der Waals surface area contributed by atoms with E-state index in [-0.39, 0.29) is 5.69 Å². The molecule has 0 bridgehead atoms. The first-order chi connectivity index (χ1) is 9.95. The molecule has 0 aliphatic rings. The van der Waals surface area contributed by atoms with Crippen molar-refractivity contribution in [1.29, 1.82) is 0 Å². The van der Waals surface area contributed by atoms with Crippen molar-refractivity contribution in [2.24, 2.45) is 0 Å². The van der Waals surface area contributed by atoms with Crippen molar-refractivity contribution in [2.45, 2.75) is 6.18 Å². The molecule has 3 aromatic rings. The summed E-state index contributed by atoms with van der Waals surface area (Å²) in [6, 6.07) is 15.1. The fourth-order valence-corrected chi connectivity index (χ4v) is 2.13. The molecule has 0 unspecified atom stereocenters. The Morgan fingerprint density at radius 3 is 2.57 bits per heavy atom. The van der Waals surface area contributed by atoms with Crippen LogP contribution in [0.1, 0.15) is 5.56 Å². The van der Waals surface area contributed by atoms with E-state index in [9.17, 15) is 13.2 Å². The van der Waals surface area contributed by atoms with Crippen LogP contribution in [0.15, 0.2) is 48.5 Å². The summed E-state index contributed by atoms with van der Waals surface area (Å²) in [4.78, 5) is 4.41. The fraction of sp³-hybridized carbons (Fsp3) is 0.0625. The highest BCUT2D eigenvalue weighted by atomic mass is 19.4. The molecule has 0 aliphatic carbocycles. The van der Waals surface area contributed by atoms with Gasteiger partial charge in [0.1, 0.15) is 0 Å². The first kappa shape index (κ1) is 13.4. The summed E-state index contributed by atoms with van der Waals surface area (Å²) in [6.07, 6.45) is -4.40. The van der Waals surface area contributed by atoms with Gasteiger partial charge >= 0.3 is 6.18 Å². The van der Waals surface area contributed by atoms with Crippen LogP contribution in [0.3, 0.4) is 0 Å². The molecule has 5 heteroatoms. The quantitative estimate of drug-likeness (QED) is 0.678. The molecule has 1 aromatic heterocycles. The van der Waals surface area contributed by atoms with Gasteiger partial charge in [-0.05, 0) is 30.3 Å². The van der Waals surface area contributed by atoms with Crippen LogP contribution in [0.4, 0.5) is 18.9 Å². The molecule has 0 amide bonds. The lowest BCUT2D eigenvalue weighted by Gasteiger charge is -2.11. The van der Waals surface area contributed by atoms with Gasteiger partial charge in [0.05, 0.1) is 16.8 Å². The molecule has 0 aliphatic heterocycles. The second-order valence-electron chi connectivity index (χ2n) is 4.62. The third kappa shape index (κ3) is 2.54. The van der Waals surface area contributed by atoms with Crippen molar-refractivity contribution in [3.63, 3.8) is 0 Å². The first-order valence-corrected chi connectivity index (χ1v) is 6.19. The number of fused-ring (bicyclic) bond motifs is 1. The molecule has 0 saturated carbocycles. The normalized spacial score (nSPS) is 11.8. The minimum Gasteiger partial charge on any atom is -0.398 e. The molecule has 0 spiro atoms. The van der Waals surface area contributed by atoms with E-state index < -0.39 is 11.7 Å². The molecule has 0 saturated heterocycles. The van der Waals surface area contributed by atoms with Gasteiger partial charge < -0.3 is 5.73 Å². The Hall–Kier alpha value is -2.56. The maximum absolute atomic E-state index is 12.6. The maximum Gasteiger partial charge on any atom is 0.416 e. The number of nitrogens with two attached hydrogens (primary N) is 1. The van der Waals surface area contributed by atoms with Gasteiger partial charge in [-0.25, -0.2) is 4.98 Å². The summed E-state index contributed by atoms with van der Waals surface area (Å²) < 4.78 is 37.9. The fourth-order valence-electron chi connectivity index (χ4n) is 2.13. The minimum absolute atomic E-state index is 0.0524. The highest BCUT2D eigenvalue weighted by Crippen LogP contribution is 2.34. The average Bonchev–Trinajstić information content (AvgIpc) is 2.45. The Morgan fingerprint density at radius 2 is 1.86 bits per heavy atom. The number of pyridine rings is 1. The van der Waals surface area contributed by atoms with E-state index in [1.165, 1.54) is 6.07 Å². The number of benzene rings is 2. The topological polar surface area (TPSA) is 38.9 Å². The molecular weight excluding hydrogens is 277 g/mol. The van der Waals surface area contributed by atoms with Gasteiger partial charge in [0, 0.05) is 16.6 Å². The van der Waals surface area contributed by atoms with Crippen molar-refractivity contribution in [1.82, 2.24) is 4.98 Å². The molecule has 3 rings (SSSR count). The molecule has 1 radical (unpaired) electrons. The van der Waals surface area contributed by atoms with Crippen LogP contribution in [-0.4, -0.2) is 4.98 Å². The monoisotopic (exact) mass is 287 g/mol. The molecule has 21 heavy (non-hydrogen) atoms. The lowest BCUT2D eigenvalue weighted by molar-refractivity contribution is -0.137. The predicted molar refractivity (Wildman–Crippen MR) is 75.4 cm³/mol. The predicted octanol–water partition coefficient (Wildman–Crippen LogP) is 4.30. The molecule has 0 fully saturated rings. The van der Waals surface area contributed by atoms with Crippen LogP contribution >= 0.6 is 0 Å². The number of alkyl halides is 3.